The van der Waals surface area contributed by atoms with Gasteiger partial charge in [0.1, 0.15) is 0 Å². The van der Waals surface area contributed by atoms with Gasteiger partial charge >= 0.3 is 0 Å². The molecule has 2 heterocycles. The Kier molecular flexibility index (Phi) is 6.89. The highest BCUT2D eigenvalue weighted by Gasteiger charge is 2.27. The number of benzene rings is 9. The van der Waals surface area contributed by atoms with E-state index < -0.39 is 0 Å². The third kappa shape index (κ3) is 4.84. The summed E-state index contributed by atoms with van der Waals surface area (Å²) in [6.07, 6.45) is 0. The molecule has 1 aliphatic carbocycles. The van der Waals surface area contributed by atoms with Crippen molar-refractivity contribution in [3.63, 3.8) is 0 Å². The minimum atomic E-state index is 0.622. The topological polar surface area (TPSA) is 43.6 Å². The van der Waals surface area contributed by atoms with Crippen molar-refractivity contribution >= 4 is 43.4 Å². The van der Waals surface area contributed by atoms with E-state index in [-0.39, 0.29) is 0 Å². The lowest BCUT2D eigenvalue weighted by Gasteiger charge is -2.18. The van der Waals surface area contributed by atoms with Gasteiger partial charge in [-0.05, 0) is 67.7 Å². The maximum absolute atomic E-state index is 5.33. The van der Waals surface area contributed by atoms with Gasteiger partial charge in [0.05, 0.1) is 16.7 Å². The van der Waals surface area contributed by atoms with Gasteiger partial charge in [-0.1, -0.05) is 176 Å². The molecule has 264 valence electrons. The minimum Gasteiger partial charge on any atom is -0.308 e. The molecule has 0 atom stereocenters. The van der Waals surface area contributed by atoms with Crippen LogP contribution in [0.25, 0.3) is 117 Å². The predicted molar refractivity (Wildman–Crippen MR) is 235 cm³/mol. The molecular formula is C53H32N4. The first kappa shape index (κ1) is 31.6. The molecule has 4 nitrogen and oxygen atoms in total. The summed E-state index contributed by atoms with van der Waals surface area (Å²) in [5.74, 6) is 1.88. The highest BCUT2D eigenvalue weighted by Crippen LogP contribution is 2.50. The molecule has 4 heteroatoms. The van der Waals surface area contributed by atoms with Crippen LogP contribution in [0.1, 0.15) is 0 Å². The molecule has 0 amide bonds. The van der Waals surface area contributed by atoms with Crippen LogP contribution in [0.2, 0.25) is 0 Å². The lowest BCUT2D eigenvalue weighted by molar-refractivity contribution is 1.07. The SMILES string of the molecule is c1ccc(-c2ccc(-c3nc(-c4ccccc4)nc(-c4ccc5ccccc5c4-n4c5cccc6c5c5c7c(cccc7ccc54)-c4ccccc4-6)n3)cc2)cc1. The van der Waals surface area contributed by atoms with E-state index >= 15 is 0 Å². The zero-order chi connectivity index (χ0) is 37.5. The summed E-state index contributed by atoms with van der Waals surface area (Å²) in [6.45, 7) is 0. The zero-order valence-electron chi connectivity index (χ0n) is 30.8. The summed E-state index contributed by atoms with van der Waals surface area (Å²) in [6, 6.07) is 69.1. The van der Waals surface area contributed by atoms with Crippen molar-refractivity contribution in [1.29, 1.82) is 0 Å². The van der Waals surface area contributed by atoms with Gasteiger partial charge in [0.2, 0.25) is 0 Å². The van der Waals surface area contributed by atoms with Crippen LogP contribution < -0.4 is 0 Å². The van der Waals surface area contributed by atoms with Gasteiger partial charge < -0.3 is 4.57 Å². The van der Waals surface area contributed by atoms with Crippen molar-refractivity contribution in [3.8, 4) is 73.2 Å². The molecule has 2 aromatic heterocycles. The number of aromatic nitrogens is 4. The van der Waals surface area contributed by atoms with E-state index in [0.29, 0.717) is 17.5 Å². The number of hydrogen-bond donors (Lipinski definition) is 0. The Morgan fingerprint density at radius 1 is 0.281 bits per heavy atom. The van der Waals surface area contributed by atoms with Gasteiger partial charge in [-0.25, -0.2) is 15.0 Å². The zero-order valence-corrected chi connectivity index (χ0v) is 30.8. The molecular weight excluding hydrogens is 693 g/mol. The van der Waals surface area contributed by atoms with Crippen LogP contribution in [-0.4, -0.2) is 19.5 Å². The highest BCUT2D eigenvalue weighted by atomic mass is 15.1. The molecule has 12 rings (SSSR count). The second kappa shape index (κ2) is 12.4. The quantitative estimate of drug-likeness (QED) is 0.177. The predicted octanol–water partition coefficient (Wildman–Crippen LogP) is 13.6. The first-order valence-corrected chi connectivity index (χ1v) is 19.4. The molecule has 0 unspecified atom stereocenters. The van der Waals surface area contributed by atoms with Crippen LogP contribution in [0.4, 0.5) is 0 Å². The summed E-state index contributed by atoms with van der Waals surface area (Å²) in [4.78, 5) is 15.7. The van der Waals surface area contributed by atoms with Crippen LogP contribution in [0.5, 0.6) is 0 Å². The molecule has 11 aromatic rings. The molecule has 0 spiro atoms. The Bertz CT molecular complexity index is 3380. The molecule has 0 saturated heterocycles. The summed E-state index contributed by atoms with van der Waals surface area (Å²) >= 11 is 0. The van der Waals surface area contributed by atoms with Crippen LogP contribution >= 0.6 is 0 Å². The molecule has 9 aromatic carbocycles. The molecule has 0 radical (unpaired) electrons. The van der Waals surface area contributed by atoms with Crippen molar-refractivity contribution in [3.05, 3.63) is 194 Å². The third-order valence-corrected chi connectivity index (χ3v) is 11.6. The molecule has 57 heavy (non-hydrogen) atoms. The fourth-order valence-corrected chi connectivity index (χ4v) is 9.03. The van der Waals surface area contributed by atoms with E-state index in [1.165, 1.54) is 49.4 Å². The molecule has 0 N–H and O–H groups in total. The van der Waals surface area contributed by atoms with Crippen LogP contribution in [0.15, 0.2) is 194 Å². The Morgan fingerprint density at radius 3 is 1.54 bits per heavy atom. The Morgan fingerprint density at radius 2 is 0.789 bits per heavy atom. The highest BCUT2D eigenvalue weighted by molar-refractivity contribution is 6.30. The molecule has 0 aliphatic heterocycles. The van der Waals surface area contributed by atoms with E-state index in [0.717, 1.165) is 49.7 Å². The maximum Gasteiger partial charge on any atom is 0.166 e. The smallest absolute Gasteiger partial charge is 0.166 e. The third-order valence-electron chi connectivity index (χ3n) is 11.6. The molecule has 0 fully saturated rings. The Labute approximate surface area is 329 Å². The van der Waals surface area contributed by atoms with Gasteiger partial charge in [0.15, 0.2) is 17.5 Å². The van der Waals surface area contributed by atoms with Crippen molar-refractivity contribution in [2.75, 3.05) is 0 Å². The van der Waals surface area contributed by atoms with E-state index in [4.69, 9.17) is 15.0 Å². The van der Waals surface area contributed by atoms with Crippen molar-refractivity contribution in [2.24, 2.45) is 0 Å². The molecule has 0 bridgehead atoms. The summed E-state index contributed by atoms with van der Waals surface area (Å²) in [5.41, 5.74) is 13.5. The lowest BCUT2D eigenvalue weighted by atomic mass is 9.93. The van der Waals surface area contributed by atoms with Gasteiger partial charge in [-0.3, -0.25) is 0 Å². The number of fused-ring (bicyclic) bond motifs is 4. The van der Waals surface area contributed by atoms with E-state index in [2.05, 4.69) is 174 Å². The Balaban J connectivity index is 1.17. The van der Waals surface area contributed by atoms with E-state index in [1.807, 2.05) is 24.3 Å². The van der Waals surface area contributed by atoms with Crippen molar-refractivity contribution < 1.29 is 0 Å². The first-order valence-electron chi connectivity index (χ1n) is 19.4. The van der Waals surface area contributed by atoms with Crippen LogP contribution in [0, 0.1) is 0 Å². The Hall–Kier alpha value is -7.69. The van der Waals surface area contributed by atoms with Crippen LogP contribution in [-0.2, 0) is 0 Å². The fourth-order valence-electron chi connectivity index (χ4n) is 9.03. The normalized spacial score (nSPS) is 11.9. The average molecular weight is 725 g/mol. The van der Waals surface area contributed by atoms with Gasteiger partial charge in [-0.2, -0.15) is 0 Å². The van der Waals surface area contributed by atoms with Gasteiger partial charge in [0, 0.05) is 32.8 Å². The fraction of sp³-hybridized carbons (Fsp3) is 0. The minimum absolute atomic E-state index is 0.622. The van der Waals surface area contributed by atoms with Gasteiger partial charge in [-0.15, -0.1) is 0 Å². The van der Waals surface area contributed by atoms with E-state index in [9.17, 15) is 0 Å². The second-order valence-electron chi connectivity index (χ2n) is 14.7. The molecule has 0 saturated carbocycles. The number of rotatable bonds is 5. The number of hydrogen-bond acceptors (Lipinski definition) is 3. The molecule has 1 aliphatic rings. The number of nitrogens with zero attached hydrogens (tertiary/aromatic N) is 4. The van der Waals surface area contributed by atoms with Crippen LogP contribution in [0.3, 0.4) is 0 Å². The summed E-state index contributed by atoms with van der Waals surface area (Å²) in [7, 11) is 0. The second-order valence-corrected chi connectivity index (χ2v) is 14.7. The lowest BCUT2D eigenvalue weighted by Crippen LogP contribution is -2.04. The van der Waals surface area contributed by atoms with Crippen molar-refractivity contribution in [2.45, 2.75) is 0 Å². The maximum atomic E-state index is 5.33. The van der Waals surface area contributed by atoms with E-state index in [1.54, 1.807) is 0 Å². The summed E-state index contributed by atoms with van der Waals surface area (Å²) in [5, 5.41) is 7.32. The average Bonchev–Trinajstić information content (AvgIpc) is 3.56. The largest absolute Gasteiger partial charge is 0.308 e. The van der Waals surface area contributed by atoms with Crippen molar-refractivity contribution in [1.82, 2.24) is 19.5 Å². The monoisotopic (exact) mass is 724 g/mol. The first-order chi connectivity index (χ1) is 28.3. The standard InChI is InChI=1S/C53H32N4/c1-3-13-33(14-4-1)34-25-27-38(28-26-34)52-54-51(37-16-5-2-6-17-37)55-53(56-52)44-31-29-35-15-7-8-19-39(35)50(44)57-45-24-12-23-43-41-21-10-9-20-40(41)42-22-11-18-36-30-32-46(57)49(47(36)42)48(43)45/h1-32H. The summed E-state index contributed by atoms with van der Waals surface area (Å²) < 4.78 is 2.47. The van der Waals surface area contributed by atoms with Gasteiger partial charge in [0.25, 0.3) is 0 Å².